The summed E-state index contributed by atoms with van der Waals surface area (Å²) in [5.41, 5.74) is 2.35. The molecule has 1 aromatic carbocycles. The van der Waals surface area contributed by atoms with Gasteiger partial charge in [-0.2, -0.15) is 0 Å². The number of nitrogens with zero attached hydrogens (tertiary/aromatic N) is 1. The first kappa shape index (κ1) is 13.9. The molecule has 4 heteroatoms. The first-order valence-corrected chi connectivity index (χ1v) is 6.65. The van der Waals surface area contributed by atoms with Crippen LogP contribution in [0.2, 0.25) is 0 Å². The molecule has 0 spiro atoms. The van der Waals surface area contributed by atoms with Crippen LogP contribution < -0.4 is 10.6 Å². The van der Waals surface area contributed by atoms with Crippen molar-refractivity contribution in [1.82, 2.24) is 15.6 Å². The molecule has 0 atom stereocenters. The molecule has 0 saturated heterocycles. The Morgan fingerprint density at radius 2 is 1.95 bits per heavy atom. The molecule has 1 heterocycles. The Morgan fingerprint density at radius 3 is 2.84 bits per heavy atom. The smallest absolute Gasteiger partial charge is 0.0705 e. The Kier molecular flexibility index (Phi) is 5.75. The van der Waals surface area contributed by atoms with E-state index in [2.05, 4.69) is 33.8 Å². The summed E-state index contributed by atoms with van der Waals surface area (Å²) in [6, 6.07) is 10.4. The first-order valence-electron chi connectivity index (χ1n) is 6.65. The van der Waals surface area contributed by atoms with Gasteiger partial charge in [-0.05, 0) is 17.7 Å². The van der Waals surface area contributed by atoms with Gasteiger partial charge in [0, 0.05) is 44.9 Å². The van der Waals surface area contributed by atoms with Gasteiger partial charge in [-0.25, -0.2) is 0 Å². The first-order chi connectivity index (χ1) is 9.42. The highest BCUT2D eigenvalue weighted by atomic mass is 16.5. The van der Waals surface area contributed by atoms with Gasteiger partial charge in [0.15, 0.2) is 0 Å². The van der Waals surface area contributed by atoms with Crippen LogP contribution >= 0.6 is 0 Å². The highest BCUT2D eigenvalue weighted by Gasteiger charge is 2.00. The second-order valence-electron chi connectivity index (χ2n) is 4.41. The lowest BCUT2D eigenvalue weighted by Gasteiger charge is -2.08. The van der Waals surface area contributed by atoms with Crippen molar-refractivity contribution in [3.8, 4) is 0 Å². The van der Waals surface area contributed by atoms with Crippen molar-refractivity contribution in [2.45, 2.75) is 6.54 Å². The average Bonchev–Trinajstić information content (AvgIpc) is 2.46. The molecule has 4 nitrogen and oxygen atoms in total. The van der Waals surface area contributed by atoms with E-state index in [1.807, 2.05) is 18.3 Å². The maximum absolute atomic E-state index is 4.98. The van der Waals surface area contributed by atoms with E-state index in [0.29, 0.717) is 0 Å². The van der Waals surface area contributed by atoms with Crippen molar-refractivity contribution in [2.24, 2.45) is 0 Å². The molecule has 0 aliphatic heterocycles. The highest BCUT2D eigenvalue weighted by molar-refractivity contribution is 5.81. The molecule has 0 aliphatic rings. The van der Waals surface area contributed by atoms with Gasteiger partial charge in [-0.3, -0.25) is 4.98 Å². The van der Waals surface area contributed by atoms with E-state index in [9.17, 15) is 0 Å². The molecule has 0 fully saturated rings. The normalized spacial score (nSPS) is 11.0. The van der Waals surface area contributed by atoms with Crippen LogP contribution in [0.4, 0.5) is 0 Å². The van der Waals surface area contributed by atoms with Crippen LogP contribution in [0.3, 0.4) is 0 Å². The minimum atomic E-state index is 0.759. The summed E-state index contributed by atoms with van der Waals surface area (Å²) in [6.07, 6.45) is 1.83. The molecule has 0 bridgehead atoms. The Hall–Kier alpha value is -1.49. The molecule has 0 unspecified atom stereocenters. The van der Waals surface area contributed by atoms with Gasteiger partial charge < -0.3 is 15.4 Å². The summed E-state index contributed by atoms with van der Waals surface area (Å²) < 4.78 is 4.98. The summed E-state index contributed by atoms with van der Waals surface area (Å²) in [7, 11) is 1.72. The minimum absolute atomic E-state index is 0.759. The predicted octanol–water partition coefficient (Wildman–Crippen LogP) is 1.56. The number of aromatic nitrogens is 1. The van der Waals surface area contributed by atoms with E-state index in [-0.39, 0.29) is 0 Å². The third-order valence-electron chi connectivity index (χ3n) is 3.01. The van der Waals surface area contributed by atoms with Crippen molar-refractivity contribution < 1.29 is 4.74 Å². The predicted molar refractivity (Wildman–Crippen MR) is 78.2 cm³/mol. The number of nitrogens with one attached hydrogen (secondary N) is 2. The van der Waals surface area contributed by atoms with E-state index >= 15 is 0 Å². The Morgan fingerprint density at radius 1 is 1.05 bits per heavy atom. The highest BCUT2D eigenvalue weighted by Crippen LogP contribution is 2.15. The largest absolute Gasteiger partial charge is 0.383 e. The summed E-state index contributed by atoms with van der Waals surface area (Å²) >= 11 is 0. The molecule has 0 saturated carbocycles. The maximum Gasteiger partial charge on any atom is 0.0705 e. The number of fused-ring (bicyclic) bond motifs is 1. The van der Waals surface area contributed by atoms with E-state index in [4.69, 9.17) is 4.74 Å². The van der Waals surface area contributed by atoms with Gasteiger partial charge in [-0.1, -0.05) is 18.2 Å². The van der Waals surface area contributed by atoms with Gasteiger partial charge in [0.2, 0.25) is 0 Å². The number of hydrogen-bond acceptors (Lipinski definition) is 4. The lowest BCUT2D eigenvalue weighted by molar-refractivity contribution is 0.199. The van der Waals surface area contributed by atoms with E-state index in [0.717, 1.165) is 38.3 Å². The van der Waals surface area contributed by atoms with Crippen LogP contribution in [-0.2, 0) is 11.3 Å². The van der Waals surface area contributed by atoms with E-state index in [1.165, 1.54) is 10.9 Å². The van der Waals surface area contributed by atoms with Crippen LogP contribution in [0.1, 0.15) is 5.56 Å². The van der Waals surface area contributed by atoms with Crippen LogP contribution in [-0.4, -0.2) is 38.3 Å². The summed E-state index contributed by atoms with van der Waals surface area (Å²) in [5.74, 6) is 0. The lowest BCUT2D eigenvalue weighted by atomic mass is 10.1. The average molecular weight is 259 g/mol. The number of methoxy groups -OCH3 is 1. The monoisotopic (exact) mass is 259 g/mol. The molecule has 19 heavy (non-hydrogen) atoms. The van der Waals surface area contributed by atoms with E-state index in [1.54, 1.807) is 7.11 Å². The van der Waals surface area contributed by atoms with Gasteiger partial charge >= 0.3 is 0 Å². The Balaban J connectivity index is 1.78. The summed E-state index contributed by atoms with van der Waals surface area (Å²) in [5, 5.41) is 7.98. The zero-order valence-electron chi connectivity index (χ0n) is 11.4. The fourth-order valence-corrected chi connectivity index (χ4v) is 2.02. The molecule has 2 rings (SSSR count). The third kappa shape index (κ3) is 4.28. The quantitative estimate of drug-likeness (QED) is 0.706. The number of pyridine rings is 1. The van der Waals surface area contributed by atoms with Gasteiger partial charge in [0.1, 0.15) is 0 Å². The Labute approximate surface area is 114 Å². The molecule has 102 valence electrons. The van der Waals surface area contributed by atoms with Crippen LogP contribution in [0.5, 0.6) is 0 Å². The molecule has 1 aromatic heterocycles. The minimum Gasteiger partial charge on any atom is -0.383 e. The van der Waals surface area contributed by atoms with Crippen molar-refractivity contribution >= 4 is 10.9 Å². The molecular formula is C15H21N3O. The number of benzene rings is 1. The van der Waals surface area contributed by atoms with Crippen molar-refractivity contribution in [2.75, 3.05) is 33.4 Å². The zero-order valence-corrected chi connectivity index (χ0v) is 11.4. The fourth-order valence-electron chi connectivity index (χ4n) is 2.02. The fraction of sp³-hybridized carbons (Fsp3) is 0.400. The summed E-state index contributed by atoms with van der Waals surface area (Å²) in [4.78, 5) is 4.37. The molecule has 2 aromatic rings. The molecule has 0 amide bonds. The second kappa shape index (κ2) is 7.84. The van der Waals surface area contributed by atoms with Crippen molar-refractivity contribution in [1.29, 1.82) is 0 Å². The topological polar surface area (TPSA) is 46.2 Å². The molecular weight excluding hydrogens is 238 g/mol. The van der Waals surface area contributed by atoms with Crippen molar-refractivity contribution in [3.63, 3.8) is 0 Å². The summed E-state index contributed by atoms with van der Waals surface area (Å²) in [6.45, 7) is 4.42. The van der Waals surface area contributed by atoms with Gasteiger partial charge in [0.25, 0.3) is 0 Å². The van der Waals surface area contributed by atoms with E-state index < -0.39 is 0 Å². The molecule has 0 aliphatic carbocycles. The molecule has 0 radical (unpaired) electrons. The zero-order chi connectivity index (χ0) is 13.3. The molecule has 2 N–H and O–H groups in total. The maximum atomic E-state index is 4.98. The van der Waals surface area contributed by atoms with Crippen LogP contribution in [0.15, 0.2) is 36.5 Å². The van der Waals surface area contributed by atoms with Crippen molar-refractivity contribution in [3.05, 3.63) is 42.1 Å². The standard InChI is InChI=1S/C15H21N3O/c1-19-11-10-16-8-9-17-12-13-4-2-6-15-14(13)5-3-7-18-15/h2-7,16-17H,8-12H2,1H3. The lowest BCUT2D eigenvalue weighted by Crippen LogP contribution is -2.29. The van der Waals surface area contributed by atoms with Crippen LogP contribution in [0, 0.1) is 0 Å². The SMILES string of the molecule is COCCNCCNCc1cccc2ncccc12. The number of rotatable bonds is 8. The Bertz CT molecular complexity index is 496. The van der Waals surface area contributed by atoms with Gasteiger partial charge in [0.05, 0.1) is 12.1 Å². The number of ether oxygens (including phenoxy) is 1. The number of hydrogen-bond donors (Lipinski definition) is 2. The second-order valence-corrected chi connectivity index (χ2v) is 4.41. The third-order valence-corrected chi connectivity index (χ3v) is 3.01. The van der Waals surface area contributed by atoms with Crippen LogP contribution in [0.25, 0.3) is 10.9 Å². The van der Waals surface area contributed by atoms with Gasteiger partial charge in [-0.15, -0.1) is 0 Å².